The molecule has 0 fully saturated rings. The van der Waals surface area contributed by atoms with Crippen LogP contribution in [0.4, 0.5) is 5.13 Å². The van der Waals surface area contributed by atoms with Crippen molar-refractivity contribution in [3.63, 3.8) is 0 Å². The number of nitrogens with zero attached hydrogens (tertiary/aromatic N) is 1. The number of thiazole rings is 1. The zero-order chi connectivity index (χ0) is 23.1. The minimum Gasteiger partial charge on any atom is -0.493 e. The van der Waals surface area contributed by atoms with Crippen LogP contribution in [0.25, 0.3) is 17.3 Å². The second-order valence-corrected chi connectivity index (χ2v) is 8.73. The second-order valence-electron chi connectivity index (χ2n) is 7.02. The highest BCUT2D eigenvalue weighted by Crippen LogP contribution is 2.37. The van der Waals surface area contributed by atoms with E-state index >= 15 is 0 Å². The Labute approximate surface area is 200 Å². The van der Waals surface area contributed by atoms with Gasteiger partial charge in [-0.2, -0.15) is 0 Å². The summed E-state index contributed by atoms with van der Waals surface area (Å²) in [6, 6.07) is 11.4. The molecule has 0 bridgehead atoms. The van der Waals surface area contributed by atoms with Gasteiger partial charge in [-0.25, -0.2) is 4.98 Å². The quantitative estimate of drug-likeness (QED) is 0.332. The minimum absolute atomic E-state index is 0.125. The van der Waals surface area contributed by atoms with Gasteiger partial charge >= 0.3 is 0 Å². The van der Waals surface area contributed by atoms with Crippen LogP contribution in [0.2, 0.25) is 0 Å². The van der Waals surface area contributed by atoms with E-state index in [0.717, 1.165) is 27.0 Å². The predicted molar refractivity (Wildman–Crippen MR) is 133 cm³/mol. The maximum absolute atomic E-state index is 12.4. The number of hydrogen-bond donors (Lipinski definition) is 1. The van der Waals surface area contributed by atoms with E-state index in [9.17, 15) is 4.79 Å². The van der Waals surface area contributed by atoms with Gasteiger partial charge in [0.15, 0.2) is 16.6 Å². The molecule has 3 rings (SSSR count). The molecule has 1 aromatic heterocycles. The summed E-state index contributed by atoms with van der Waals surface area (Å²) in [5, 5.41) is 5.24. The predicted octanol–water partition coefficient (Wildman–Crippen LogP) is 6.42. The summed E-state index contributed by atoms with van der Waals surface area (Å²) >= 11 is 4.86. The molecule has 6 nitrogen and oxygen atoms in total. The van der Waals surface area contributed by atoms with Crippen LogP contribution in [0.3, 0.4) is 0 Å². The van der Waals surface area contributed by atoms with Crippen molar-refractivity contribution >= 4 is 44.4 Å². The molecule has 1 N–H and O–H groups in total. The average molecular weight is 517 g/mol. The largest absolute Gasteiger partial charge is 0.493 e. The first kappa shape index (κ1) is 23.8. The number of ether oxygens (including phenoxy) is 3. The van der Waals surface area contributed by atoms with Crippen molar-refractivity contribution in [2.24, 2.45) is 0 Å². The van der Waals surface area contributed by atoms with Gasteiger partial charge in [0.2, 0.25) is 5.91 Å². The van der Waals surface area contributed by atoms with Gasteiger partial charge in [-0.05, 0) is 84.7 Å². The lowest BCUT2D eigenvalue weighted by atomic mass is 10.2. The van der Waals surface area contributed by atoms with E-state index < -0.39 is 0 Å². The Hall–Kier alpha value is -2.84. The number of amides is 1. The molecule has 0 spiro atoms. The van der Waals surface area contributed by atoms with Crippen molar-refractivity contribution < 1.29 is 19.0 Å². The monoisotopic (exact) mass is 516 g/mol. The minimum atomic E-state index is -0.268. The van der Waals surface area contributed by atoms with Crippen molar-refractivity contribution in [1.82, 2.24) is 4.98 Å². The molecule has 0 atom stereocenters. The molecule has 0 saturated carbocycles. The number of carbonyl (C=O) groups is 1. The van der Waals surface area contributed by atoms with Crippen LogP contribution < -0.4 is 19.5 Å². The van der Waals surface area contributed by atoms with E-state index in [-0.39, 0.29) is 12.0 Å². The maximum atomic E-state index is 12.4. The molecule has 3 aromatic rings. The lowest BCUT2D eigenvalue weighted by Crippen LogP contribution is -2.07. The number of methoxy groups -OCH3 is 1. The van der Waals surface area contributed by atoms with Gasteiger partial charge in [-0.1, -0.05) is 0 Å². The molecular weight excluding hydrogens is 492 g/mol. The molecular formula is C24H25BrN2O4S. The summed E-state index contributed by atoms with van der Waals surface area (Å²) < 4.78 is 17.4. The number of aromatic nitrogens is 1. The molecule has 0 saturated heterocycles. The third-order valence-corrected chi connectivity index (χ3v) is 5.57. The number of halogens is 1. The molecule has 0 unspecified atom stereocenters. The van der Waals surface area contributed by atoms with Crippen LogP contribution in [0.1, 0.15) is 26.3 Å². The van der Waals surface area contributed by atoms with Gasteiger partial charge in [0, 0.05) is 17.0 Å². The fraction of sp³-hybridized carbons (Fsp3) is 0.250. The zero-order valence-corrected chi connectivity index (χ0v) is 20.7. The van der Waals surface area contributed by atoms with Crippen molar-refractivity contribution in [1.29, 1.82) is 0 Å². The summed E-state index contributed by atoms with van der Waals surface area (Å²) in [6.07, 6.45) is 3.29. The summed E-state index contributed by atoms with van der Waals surface area (Å²) in [7, 11) is 1.58. The molecule has 0 aliphatic rings. The number of benzene rings is 2. The fourth-order valence-electron chi connectivity index (χ4n) is 2.88. The molecule has 0 aliphatic carbocycles. The Kier molecular flexibility index (Phi) is 8.30. The normalized spacial score (nSPS) is 11.1. The number of rotatable bonds is 9. The van der Waals surface area contributed by atoms with Crippen LogP contribution >= 0.6 is 27.3 Å². The van der Waals surface area contributed by atoms with Crippen LogP contribution in [-0.4, -0.2) is 30.7 Å². The number of carbonyl (C=O) groups excluding carboxylic acids is 1. The van der Waals surface area contributed by atoms with Gasteiger partial charge in [0.05, 0.1) is 30.0 Å². The molecule has 2 aromatic carbocycles. The lowest BCUT2D eigenvalue weighted by Gasteiger charge is -2.12. The Balaban J connectivity index is 1.65. The van der Waals surface area contributed by atoms with E-state index in [4.69, 9.17) is 14.2 Å². The van der Waals surface area contributed by atoms with Crippen molar-refractivity contribution in [3.05, 3.63) is 57.9 Å². The Morgan fingerprint density at radius 3 is 2.66 bits per heavy atom. The number of anilines is 1. The fourth-order valence-corrected chi connectivity index (χ4v) is 4.18. The average Bonchev–Trinajstić information content (AvgIpc) is 3.22. The summed E-state index contributed by atoms with van der Waals surface area (Å²) in [5.41, 5.74) is 2.56. The molecule has 0 aliphatic heterocycles. The van der Waals surface area contributed by atoms with E-state index in [1.54, 1.807) is 13.2 Å². The van der Waals surface area contributed by atoms with Crippen LogP contribution in [0, 0.1) is 0 Å². The molecule has 32 heavy (non-hydrogen) atoms. The maximum Gasteiger partial charge on any atom is 0.250 e. The SMILES string of the molecule is CCOc1c(Br)cc(C=CC(=O)Nc2nc(-c3ccc(OC(C)C)cc3)cs2)cc1OC. The van der Waals surface area contributed by atoms with E-state index in [0.29, 0.717) is 23.2 Å². The van der Waals surface area contributed by atoms with Gasteiger partial charge in [-0.15, -0.1) is 11.3 Å². The summed E-state index contributed by atoms with van der Waals surface area (Å²) in [4.78, 5) is 16.9. The van der Waals surface area contributed by atoms with Gasteiger partial charge in [0.25, 0.3) is 0 Å². The first-order valence-corrected chi connectivity index (χ1v) is 11.8. The highest BCUT2D eigenvalue weighted by molar-refractivity contribution is 9.10. The molecule has 0 radical (unpaired) electrons. The van der Waals surface area contributed by atoms with Crippen molar-refractivity contribution in [2.45, 2.75) is 26.9 Å². The van der Waals surface area contributed by atoms with Crippen LogP contribution in [0.5, 0.6) is 17.2 Å². The highest BCUT2D eigenvalue weighted by atomic mass is 79.9. The van der Waals surface area contributed by atoms with Crippen molar-refractivity contribution in [3.8, 4) is 28.5 Å². The van der Waals surface area contributed by atoms with Crippen LogP contribution in [-0.2, 0) is 4.79 Å². The lowest BCUT2D eigenvalue weighted by molar-refractivity contribution is -0.111. The second kappa shape index (κ2) is 11.2. The first-order chi connectivity index (χ1) is 15.4. The van der Waals surface area contributed by atoms with E-state index in [1.165, 1.54) is 17.4 Å². The van der Waals surface area contributed by atoms with Crippen molar-refractivity contribution in [2.75, 3.05) is 19.0 Å². The number of hydrogen-bond acceptors (Lipinski definition) is 6. The molecule has 1 heterocycles. The number of nitrogens with one attached hydrogen (secondary N) is 1. The van der Waals surface area contributed by atoms with Gasteiger partial charge in [0.1, 0.15) is 5.75 Å². The molecule has 168 valence electrons. The third kappa shape index (κ3) is 6.34. The summed E-state index contributed by atoms with van der Waals surface area (Å²) in [5.74, 6) is 1.78. The summed E-state index contributed by atoms with van der Waals surface area (Å²) in [6.45, 7) is 6.41. The van der Waals surface area contributed by atoms with Crippen LogP contribution in [0.15, 0.2) is 52.3 Å². The van der Waals surface area contributed by atoms with E-state index in [1.807, 2.05) is 62.5 Å². The Morgan fingerprint density at radius 2 is 2.00 bits per heavy atom. The zero-order valence-electron chi connectivity index (χ0n) is 18.3. The van der Waals surface area contributed by atoms with E-state index in [2.05, 4.69) is 26.2 Å². The Bertz CT molecular complexity index is 1090. The standard InChI is InChI=1S/C24H25BrN2O4S/c1-5-30-23-19(25)12-16(13-21(23)29-4)6-11-22(28)27-24-26-20(14-32-24)17-7-9-18(10-8-17)31-15(2)3/h6-15H,5H2,1-4H3,(H,26,27,28). The third-order valence-electron chi connectivity index (χ3n) is 4.22. The Morgan fingerprint density at radius 1 is 1.25 bits per heavy atom. The molecule has 8 heteroatoms. The highest BCUT2D eigenvalue weighted by Gasteiger charge is 2.11. The first-order valence-electron chi connectivity index (χ1n) is 10.1. The smallest absolute Gasteiger partial charge is 0.250 e. The van der Waals surface area contributed by atoms with Gasteiger partial charge < -0.3 is 14.2 Å². The topological polar surface area (TPSA) is 69.7 Å². The molecule has 1 amide bonds. The van der Waals surface area contributed by atoms with Gasteiger partial charge in [-0.3, -0.25) is 10.1 Å².